The van der Waals surface area contributed by atoms with E-state index in [-0.39, 0.29) is 0 Å². The van der Waals surface area contributed by atoms with E-state index in [1.807, 2.05) is 60.7 Å². The van der Waals surface area contributed by atoms with Crippen molar-refractivity contribution >= 4 is 65.6 Å². The molecule has 6 nitrogen and oxygen atoms in total. The molecular formula is C63H39N5O. The molecule has 0 fully saturated rings. The van der Waals surface area contributed by atoms with Crippen molar-refractivity contribution in [1.29, 1.82) is 0 Å². The molecule has 4 aromatic heterocycles. The van der Waals surface area contributed by atoms with Gasteiger partial charge in [-0.2, -0.15) is 0 Å². The van der Waals surface area contributed by atoms with Crippen molar-refractivity contribution in [3.05, 3.63) is 237 Å². The van der Waals surface area contributed by atoms with Crippen LogP contribution in [0, 0.1) is 0 Å². The van der Waals surface area contributed by atoms with Crippen LogP contribution in [0.3, 0.4) is 0 Å². The standard InChI is InChI=1S/C63H39N5O/c1-4-16-40(17-5-1)61-64-62(41-18-6-2-7-19-41)66-63(65-61)45-21-14-20-44(36-45)48-26-15-29-59-60(48)53-38-43(31-35-58(53)69-59)42-30-33-56-51(37-42)49-24-10-13-28-55(49)68(56)47-32-34-57-52(39-47)50-25-11-12-27-54(50)67(57)46-22-8-3-9-23-46/h1-39H. The van der Waals surface area contributed by atoms with Crippen molar-refractivity contribution in [1.82, 2.24) is 24.1 Å². The van der Waals surface area contributed by atoms with Crippen LogP contribution in [-0.2, 0) is 0 Å². The molecule has 14 rings (SSSR count). The van der Waals surface area contributed by atoms with Gasteiger partial charge in [-0.15, -0.1) is 0 Å². The van der Waals surface area contributed by atoms with Gasteiger partial charge >= 0.3 is 0 Å². The molecule has 0 unspecified atom stereocenters. The fraction of sp³-hybridized carbons (Fsp3) is 0. The summed E-state index contributed by atoms with van der Waals surface area (Å²) in [6.07, 6.45) is 0. The third-order valence-corrected chi connectivity index (χ3v) is 13.6. The van der Waals surface area contributed by atoms with Crippen molar-refractivity contribution < 1.29 is 4.42 Å². The molecule has 0 saturated heterocycles. The second kappa shape index (κ2) is 15.6. The second-order valence-corrected chi connectivity index (χ2v) is 17.6. The van der Waals surface area contributed by atoms with E-state index in [1.54, 1.807) is 0 Å². The van der Waals surface area contributed by atoms with Gasteiger partial charge in [0, 0.05) is 60.4 Å². The number of nitrogens with zero attached hydrogens (tertiary/aromatic N) is 5. The highest BCUT2D eigenvalue weighted by Gasteiger charge is 2.20. The molecule has 0 aliphatic heterocycles. The number of hydrogen-bond donors (Lipinski definition) is 0. The Kier molecular flexibility index (Phi) is 8.79. The number of benzene rings is 10. The fourth-order valence-corrected chi connectivity index (χ4v) is 10.4. The third-order valence-electron chi connectivity index (χ3n) is 13.6. The number of hydrogen-bond acceptors (Lipinski definition) is 4. The van der Waals surface area contributed by atoms with Crippen LogP contribution >= 0.6 is 0 Å². The number of fused-ring (bicyclic) bond motifs is 9. The van der Waals surface area contributed by atoms with Gasteiger partial charge in [0.1, 0.15) is 11.2 Å². The summed E-state index contributed by atoms with van der Waals surface area (Å²) in [5.74, 6) is 1.88. The van der Waals surface area contributed by atoms with E-state index in [1.165, 1.54) is 38.1 Å². The Balaban J connectivity index is 0.879. The maximum absolute atomic E-state index is 6.58. The van der Waals surface area contributed by atoms with Crippen LogP contribution in [0.25, 0.3) is 133 Å². The third kappa shape index (κ3) is 6.38. The monoisotopic (exact) mass is 881 g/mol. The lowest BCUT2D eigenvalue weighted by atomic mass is 9.96. The summed E-state index contributed by atoms with van der Waals surface area (Å²) < 4.78 is 11.4. The Morgan fingerprint density at radius 1 is 0.275 bits per heavy atom. The van der Waals surface area contributed by atoms with Crippen LogP contribution in [0.4, 0.5) is 0 Å². The highest BCUT2D eigenvalue weighted by atomic mass is 16.3. The van der Waals surface area contributed by atoms with Gasteiger partial charge < -0.3 is 13.6 Å². The summed E-state index contributed by atoms with van der Waals surface area (Å²) in [5, 5.41) is 7.00. The van der Waals surface area contributed by atoms with Gasteiger partial charge in [-0.05, 0) is 101 Å². The van der Waals surface area contributed by atoms with E-state index in [9.17, 15) is 0 Å². The number of para-hydroxylation sites is 3. The van der Waals surface area contributed by atoms with Crippen molar-refractivity contribution in [2.24, 2.45) is 0 Å². The predicted molar refractivity (Wildman–Crippen MR) is 283 cm³/mol. The van der Waals surface area contributed by atoms with E-state index in [0.717, 1.165) is 77.8 Å². The summed E-state index contributed by atoms with van der Waals surface area (Å²) in [5.41, 5.74) is 15.8. The first-order valence-electron chi connectivity index (χ1n) is 23.3. The van der Waals surface area contributed by atoms with Crippen LogP contribution in [0.5, 0.6) is 0 Å². The zero-order valence-corrected chi connectivity index (χ0v) is 37.2. The van der Waals surface area contributed by atoms with Crippen LogP contribution in [0.1, 0.15) is 0 Å². The number of furan rings is 1. The highest BCUT2D eigenvalue weighted by Crippen LogP contribution is 2.42. The van der Waals surface area contributed by atoms with Gasteiger partial charge in [0.25, 0.3) is 0 Å². The number of aromatic nitrogens is 5. The lowest BCUT2D eigenvalue weighted by Gasteiger charge is -2.11. The summed E-state index contributed by atoms with van der Waals surface area (Å²) in [4.78, 5) is 15.0. The van der Waals surface area contributed by atoms with Gasteiger partial charge in [-0.25, -0.2) is 15.0 Å². The van der Waals surface area contributed by atoms with Gasteiger partial charge in [0.15, 0.2) is 17.5 Å². The quantitative estimate of drug-likeness (QED) is 0.160. The molecule has 4 heterocycles. The van der Waals surface area contributed by atoms with Crippen LogP contribution in [0.15, 0.2) is 241 Å². The van der Waals surface area contributed by atoms with E-state index in [0.29, 0.717) is 17.5 Å². The van der Waals surface area contributed by atoms with Crippen molar-refractivity contribution in [3.63, 3.8) is 0 Å². The van der Waals surface area contributed by atoms with Gasteiger partial charge in [-0.3, -0.25) is 0 Å². The zero-order valence-electron chi connectivity index (χ0n) is 37.2. The van der Waals surface area contributed by atoms with E-state index < -0.39 is 0 Å². The van der Waals surface area contributed by atoms with Gasteiger partial charge in [0.05, 0.1) is 22.1 Å². The normalized spacial score (nSPS) is 11.8. The van der Waals surface area contributed by atoms with E-state index in [2.05, 4.69) is 185 Å². The minimum absolute atomic E-state index is 0.615. The van der Waals surface area contributed by atoms with Gasteiger partial charge in [-0.1, -0.05) is 158 Å². The SMILES string of the molecule is c1ccc(-c2nc(-c3ccccc3)nc(-c3cccc(-c4cccc5oc6ccc(-c7ccc8c(c7)c7ccccc7n8-c7ccc8c(c7)c7ccccc7n8-c7ccccc7)cc6c45)c3)n2)cc1. The summed E-state index contributed by atoms with van der Waals surface area (Å²) in [7, 11) is 0. The predicted octanol–water partition coefficient (Wildman–Crippen LogP) is 16.3. The first kappa shape index (κ1) is 38.8. The number of rotatable bonds is 7. The summed E-state index contributed by atoms with van der Waals surface area (Å²) >= 11 is 0. The van der Waals surface area contributed by atoms with Crippen LogP contribution < -0.4 is 0 Å². The highest BCUT2D eigenvalue weighted by molar-refractivity contribution is 6.15. The first-order chi connectivity index (χ1) is 34.2. The Labute approximate surface area is 396 Å². The van der Waals surface area contributed by atoms with Crippen molar-refractivity contribution in [2.75, 3.05) is 0 Å². The molecule has 69 heavy (non-hydrogen) atoms. The molecule has 0 atom stereocenters. The molecule has 0 radical (unpaired) electrons. The summed E-state index contributed by atoms with van der Waals surface area (Å²) in [6, 6.07) is 83.4. The Morgan fingerprint density at radius 3 is 1.45 bits per heavy atom. The molecule has 10 aromatic carbocycles. The molecule has 0 spiro atoms. The molecule has 0 amide bonds. The molecule has 0 saturated carbocycles. The lowest BCUT2D eigenvalue weighted by molar-refractivity contribution is 0.669. The molecule has 0 bridgehead atoms. The zero-order chi connectivity index (χ0) is 45.4. The van der Waals surface area contributed by atoms with Crippen LogP contribution in [-0.4, -0.2) is 24.1 Å². The molecular weight excluding hydrogens is 843 g/mol. The Morgan fingerprint density at radius 2 is 0.768 bits per heavy atom. The smallest absolute Gasteiger partial charge is 0.164 e. The molecule has 6 heteroatoms. The topological polar surface area (TPSA) is 61.7 Å². The van der Waals surface area contributed by atoms with Crippen molar-refractivity contribution in [2.45, 2.75) is 0 Å². The largest absolute Gasteiger partial charge is 0.456 e. The van der Waals surface area contributed by atoms with Crippen LogP contribution in [0.2, 0.25) is 0 Å². The minimum atomic E-state index is 0.615. The van der Waals surface area contributed by atoms with E-state index in [4.69, 9.17) is 19.4 Å². The average Bonchev–Trinajstić information content (AvgIpc) is 4.08. The Bertz CT molecular complexity index is 4240. The molecule has 0 N–H and O–H groups in total. The maximum atomic E-state index is 6.58. The average molecular weight is 882 g/mol. The Hall–Kier alpha value is -9.39. The molecule has 0 aliphatic rings. The van der Waals surface area contributed by atoms with Crippen molar-refractivity contribution in [3.8, 4) is 67.8 Å². The second-order valence-electron chi connectivity index (χ2n) is 17.6. The molecule has 322 valence electrons. The first-order valence-corrected chi connectivity index (χ1v) is 23.3. The van der Waals surface area contributed by atoms with E-state index >= 15 is 0 Å². The summed E-state index contributed by atoms with van der Waals surface area (Å²) in [6.45, 7) is 0. The lowest BCUT2D eigenvalue weighted by Crippen LogP contribution is -2.00. The maximum Gasteiger partial charge on any atom is 0.164 e. The minimum Gasteiger partial charge on any atom is -0.456 e. The molecule has 14 aromatic rings. The van der Waals surface area contributed by atoms with Gasteiger partial charge in [0.2, 0.25) is 0 Å². The fourth-order valence-electron chi connectivity index (χ4n) is 10.4. The molecule has 0 aliphatic carbocycles.